The lowest BCUT2D eigenvalue weighted by Crippen LogP contribution is -2.47. The molecule has 7 nitrogen and oxygen atoms in total. The van der Waals surface area contributed by atoms with Gasteiger partial charge in [-0.3, -0.25) is 13.9 Å². The highest BCUT2D eigenvalue weighted by Crippen LogP contribution is 2.20. The molecule has 1 N–H and O–H groups in total. The van der Waals surface area contributed by atoms with Crippen molar-refractivity contribution in [1.29, 1.82) is 0 Å². The van der Waals surface area contributed by atoms with Crippen molar-refractivity contribution in [3.8, 4) is 0 Å². The molecule has 2 aromatic carbocycles. The maximum Gasteiger partial charge on any atom is 0.242 e. The van der Waals surface area contributed by atoms with Gasteiger partial charge in [0, 0.05) is 31.1 Å². The number of nitrogens with one attached hydrogen (secondary N) is 1. The van der Waals surface area contributed by atoms with Gasteiger partial charge in [-0.15, -0.1) is 0 Å². The summed E-state index contributed by atoms with van der Waals surface area (Å²) < 4.78 is 26.1. The Bertz CT molecular complexity index is 1060. The number of carbonyl (C=O) groups excluding carboxylic acids is 2. The van der Waals surface area contributed by atoms with Crippen molar-refractivity contribution in [3.05, 3.63) is 64.7 Å². The second-order valence-electron chi connectivity index (χ2n) is 8.18. The third kappa shape index (κ3) is 8.02. The summed E-state index contributed by atoms with van der Waals surface area (Å²) in [6.45, 7) is 6.43. The molecule has 0 unspecified atom stereocenters. The van der Waals surface area contributed by atoms with Gasteiger partial charge in [-0.2, -0.15) is 0 Å². The summed E-state index contributed by atoms with van der Waals surface area (Å²) in [6.07, 6.45) is 2.45. The number of carbonyl (C=O) groups is 2. The summed E-state index contributed by atoms with van der Waals surface area (Å²) >= 11 is 5.97. The molecule has 0 saturated heterocycles. The molecule has 0 fully saturated rings. The van der Waals surface area contributed by atoms with Crippen molar-refractivity contribution < 1.29 is 18.0 Å². The zero-order valence-electron chi connectivity index (χ0n) is 20.3. The fourth-order valence-electron chi connectivity index (χ4n) is 3.59. The molecule has 2 aromatic rings. The summed E-state index contributed by atoms with van der Waals surface area (Å²) in [5.41, 5.74) is 2.54. The van der Waals surface area contributed by atoms with E-state index in [0.717, 1.165) is 23.8 Å². The van der Waals surface area contributed by atoms with E-state index in [1.54, 1.807) is 31.2 Å². The molecular weight excluding hydrogens is 474 g/mol. The van der Waals surface area contributed by atoms with E-state index >= 15 is 0 Å². The third-order valence-electron chi connectivity index (χ3n) is 5.57. The fourth-order valence-corrected chi connectivity index (χ4v) is 4.68. The molecule has 186 valence electrons. The Kier molecular flexibility index (Phi) is 10.4. The maximum absolute atomic E-state index is 13.2. The summed E-state index contributed by atoms with van der Waals surface area (Å²) in [5, 5.41) is 3.35. The highest BCUT2D eigenvalue weighted by Gasteiger charge is 2.26. The molecule has 2 amide bonds. The number of hydrogen-bond donors (Lipinski definition) is 1. The topological polar surface area (TPSA) is 86.8 Å². The maximum atomic E-state index is 13.2. The zero-order chi connectivity index (χ0) is 25.3. The van der Waals surface area contributed by atoms with Crippen molar-refractivity contribution in [3.63, 3.8) is 0 Å². The van der Waals surface area contributed by atoms with Crippen molar-refractivity contribution in [2.24, 2.45) is 0 Å². The fraction of sp³-hybridized carbons (Fsp3) is 0.440. The number of amides is 2. The minimum atomic E-state index is -3.51. The van der Waals surface area contributed by atoms with Crippen LogP contribution in [-0.4, -0.2) is 50.5 Å². The molecule has 9 heteroatoms. The Labute approximate surface area is 208 Å². The van der Waals surface area contributed by atoms with Gasteiger partial charge in [-0.1, -0.05) is 42.8 Å². The number of likely N-dealkylation sites (N-methyl/N-ethyl adjacent to an activating group) is 1. The van der Waals surface area contributed by atoms with Crippen molar-refractivity contribution in [2.45, 2.75) is 52.6 Å². The van der Waals surface area contributed by atoms with Gasteiger partial charge in [0.25, 0.3) is 0 Å². The Morgan fingerprint density at radius 3 is 2.12 bits per heavy atom. The molecule has 0 heterocycles. The summed E-state index contributed by atoms with van der Waals surface area (Å²) in [6, 6.07) is 13.8. The lowest BCUT2D eigenvalue weighted by Gasteiger charge is -2.29. The first-order valence-corrected chi connectivity index (χ1v) is 13.7. The van der Waals surface area contributed by atoms with E-state index in [1.807, 2.05) is 38.1 Å². The predicted octanol–water partition coefficient (Wildman–Crippen LogP) is 4.00. The number of aryl methyl sites for hydroxylation is 1. The van der Waals surface area contributed by atoms with Gasteiger partial charge in [0.1, 0.15) is 6.04 Å². The van der Waals surface area contributed by atoms with E-state index in [0.29, 0.717) is 23.7 Å². The van der Waals surface area contributed by atoms with Crippen LogP contribution < -0.4 is 9.62 Å². The molecule has 0 aliphatic rings. The normalized spacial score (nSPS) is 12.1. The Balaban J connectivity index is 2.13. The van der Waals surface area contributed by atoms with Crippen LogP contribution in [0, 0.1) is 0 Å². The summed E-state index contributed by atoms with van der Waals surface area (Å²) in [7, 11) is -3.51. The van der Waals surface area contributed by atoms with E-state index < -0.39 is 16.1 Å². The van der Waals surface area contributed by atoms with Crippen LogP contribution in [0.3, 0.4) is 0 Å². The first kappa shape index (κ1) is 27.7. The van der Waals surface area contributed by atoms with Gasteiger partial charge in [0.2, 0.25) is 21.8 Å². The first-order valence-electron chi connectivity index (χ1n) is 11.4. The van der Waals surface area contributed by atoms with Gasteiger partial charge in [-0.25, -0.2) is 8.42 Å². The van der Waals surface area contributed by atoms with Gasteiger partial charge < -0.3 is 10.2 Å². The van der Waals surface area contributed by atoms with Crippen molar-refractivity contribution in [2.75, 3.05) is 23.7 Å². The van der Waals surface area contributed by atoms with Crippen LogP contribution in [0.15, 0.2) is 48.5 Å². The Hall–Kier alpha value is -2.58. The Morgan fingerprint density at radius 2 is 1.59 bits per heavy atom. The molecule has 0 saturated carbocycles. The van der Waals surface area contributed by atoms with Crippen molar-refractivity contribution >= 4 is 39.1 Å². The van der Waals surface area contributed by atoms with Gasteiger partial charge in [-0.05, 0) is 62.1 Å². The number of hydrogen-bond acceptors (Lipinski definition) is 4. The number of rotatable bonds is 12. The van der Waals surface area contributed by atoms with Crippen molar-refractivity contribution in [1.82, 2.24) is 10.2 Å². The number of anilines is 1. The van der Waals surface area contributed by atoms with E-state index in [4.69, 9.17) is 11.6 Å². The quantitative estimate of drug-likeness (QED) is 0.470. The second kappa shape index (κ2) is 12.8. The average molecular weight is 508 g/mol. The summed E-state index contributed by atoms with van der Waals surface area (Å²) in [5.74, 6) is -0.456. The molecule has 0 spiro atoms. The van der Waals surface area contributed by atoms with E-state index in [9.17, 15) is 18.0 Å². The zero-order valence-corrected chi connectivity index (χ0v) is 21.8. The highest BCUT2D eigenvalue weighted by molar-refractivity contribution is 7.92. The van der Waals surface area contributed by atoms with Crippen LogP contribution >= 0.6 is 11.6 Å². The van der Waals surface area contributed by atoms with Crippen LogP contribution in [-0.2, 0) is 32.6 Å². The third-order valence-corrected chi connectivity index (χ3v) is 7.02. The second-order valence-corrected chi connectivity index (χ2v) is 10.5. The molecular formula is C25H34ClN3O4S. The van der Waals surface area contributed by atoms with Crippen LogP contribution in [0.1, 0.15) is 44.7 Å². The molecule has 0 radical (unpaired) electrons. The monoisotopic (exact) mass is 507 g/mol. The lowest BCUT2D eigenvalue weighted by atomic mass is 10.1. The molecule has 0 aromatic heterocycles. The number of nitrogens with zero attached hydrogens (tertiary/aromatic N) is 2. The van der Waals surface area contributed by atoms with Crippen LogP contribution in [0.2, 0.25) is 5.02 Å². The standard InChI is InChI=1S/C25H34ClN3O4S/c1-5-20-11-15-23(16-12-20)29(34(4,32)33)17-7-8-24(30)28(19(3)25(31)27-6-2)18-21-9-13-22(26)14-10-21/h9-16,19H,5-8,17-18H2,1-4H3,(H,27,31)/t19-/m1/s1. The van der Waals surface area contributed by atoms with E-state index in [1.165, 1.54) is 9.21 Å². The molecule has 34 heavy (non-hydrogen) atoms. The minimum absolute atomic E-state index is 0.108. The molecule has 1 atom stereocenters. The molecule has 0 aliphatic carbocycles. The lowest BCUT2D eigenvalue weighted by molar-refractivity contribution is -0.140. The van der Waals surface area contributed by atoms with Crippen LogP contribution in [0.25, 0.3) is 0 Å². The SMILES string of the molecule is CCNC(=O)[C@@H](C)N(Cc1ccc(Cl)cc1)C(=O)CCCN(c1ccc(CC)cc1)S(C)(=O)=O. The molecule has 2 rings (SSSR count). The number of halogens is 1. The van der Waals surface area contributed by atoms with Gasteiger partial charge >= 0.3 is 0 Å². The minimum Gasteiger partial charge on any atom is -0.355 e. The first-order chi connectivity index (χ1) is 16.1. The average Bonchev–Trinajstić information content (AvgIpc) is 2.80. The number of benzene rings is 2. The van der Waals surface area contributed by atoms with Gasteiger partial charge in [0.05, 0.1) is 11.9 Å². The van der Waals surface area contributed by atoms with Gasteiger partial charge in [0.15, 0.2) is 0 Å². The van der Waals surface area contributed by atoms with E-state index in [-0.39, 0.29) is 31.3 Å². The van der Waals surface area contributed by atoms with E-state index in [2.05, 4.69) is 5.32 Å². The molecule has 0 aliphatic heterocycles. The smallest absolute Gasteiger partial charge is 0.242 e. The van der Waals surface area contributed by atoms with Crippen LogP contribution in [0.5, 0.6) is 0 Å². The summed E-state index contributed by atoms with van der Waals surface area (Å²) in [4.78, 5) is 27.2. The largest absolute Gasteiger partial charge is 0.355 e. The predicted molar refractivity (Wildman–Crippen MR) is 137 cm³/mol. The molecule has 0 bridgehead atoms. The Morgan fingerprint density at radius 1 is 1.00 bits per heavy atom. The van der Waals surface area contributed by atoms with Crippen LogP contribution in [0.4, 0.5) is 5.69 Å². The number of sulfonamides is 1. The highest BCUT2D eigenvalue weighted by atomic mass is 35.5.